The van der Waals surface area contributed by atoms with E-state index in [0.29, 0.717) is 6.54 Å². The largest absolute Gasteiger partial charge is 0.353 e. The third kappa shape index (κ3) is 5.08. The van der Waals surface area contributed by atoms with Gasteiger partial charge in [-0.25, -0.2) is 0 Å². The molecule has 1 aromatic heterocycles. The molecule has 0 saturated carbocycles. The van der Waals surface area contributed by atoms with E-state index >= 15 is 0 Å². The van der Waals surface area contributed by atoms with E-state index in [2.05, 4.69) is 5.32 Å². The molecule has 0 radical (unpaired) electrons. The fourth-order valence-corrected chi connectivity index (χ4v) is 2.45. The molecular weight excluding hydrogens is 352 g/mol. The van der Waals surface area contributed by atoms with Crippen LogP contribution in [0.1, 0.15) is 16.4 Å². The first kappa shape index (κ1) is 20.0. The second-order valence-corrected chi connectivity index (χ2v) is 6.11. The Labute approximate surface area is 155 Å². The molecule has 0 aliphatic rings. The van der Waals surface area contributed by atoms with E-state index < -0.39 is 28.2 Å². The van der Waals surface area contributed by atoms with Gasteiger partial charge in [-0.15, -0.1) is 0 Å². The Kier molecular flexibility index (Phi) is 6.56. The maximum Gasteiger partial charge on any atom is 0.270 e. The van der Waals surface area contributed by atoms with Gasteiger partial charge < -0.3 is 10.2 Å². The molecule has 9 heteroatoms. The summed E-state index contributed by atoms with van der Waals surface area (Å²) in [4.78, 5) is 50.0. The second kappa shape index (κ2) is 8.86. The van der Waals surface area contributed by atoms with E-state index in [1.807, 2.05) is 19.0 Å². The molecule has 2 rings (SSSR count). The molecular formula is C18H20N4O5. The number of amides is 1. The molecule has 0 spiro atoms. The van der Waals surface area contributed by atoms with Crippen molar-refractivity contribution in [2.24, 2.45) is 0 Å². The number of nitro benzene ring substituents is 1. The van der Waals surface area contributed by atoms with Crippen molar-refractivity contribution in [2.45, 2.75) is 6.04 Å². The quantitative estimate of drug-likeness (QED) is 0.318. The molecule has 1 amide bonds. The van der Waals surface area contributed by atoms with Crippen LogP contribution in [0.3, 0.4) is 0 Å². The van der Waals surface area contributed by atoms with Gasteiger partial charge in [0.05, 0.1) is 4.92 Å². The van der Waals surface area contributed by atoms with Gasteiger partial charge in [0.2, 0.25) is 0 Å². The van der Waals surface area contributed by atoms with Crippen molar-refractivity contribution < 1.29 is 14.5 Å². The molecule has 1 heterocycles. The van der Waals surface area contributed by atoms with Crippen LogP contribution in [-0.4, -0.2) is 53.3 Å². The van der Waals surface area contributed by atoms with Crippen LogP contribution >= 0.6 is 0 Å². The number of nitrogens with zero attached hydrogens (tertiary/aromatic N) is 3. The lowest BCUT2D eigenvalue weighted by Crippen LogP contribution is -2.43. The number of carbonyl (C=O) groups excluding carboxylic acids is 2. The van der Waals surface area contributed by atoms with Crippen LogP contribution in [0.5, 0.6) is 0 Å². The Bertz CT molecular complexity index is 906. The molecule has 0 bridgehead atoms. The summed E-state index contributed by atoms with van der Waals surface area (Å²) < 4.78 is 1.02. The maximum absolute atomic E-state index is 13.0. The van der Waals surface area contributed by atoms with E-state index in [9.17, 15) is 24.5 Å². The Morgan fingerprint density at radius 3 is 2.59 bits per heavy atom. The van der Waals surface area contributed by atoms with Crippen molar-refractivity contribution in [3.8, 4) is 0 Å². The van der Waals surface area contributed by atoms with E-state index in [1.54, 1.807) is 0 Å². The van der Waals surface area contributed by atoms with E-state index in [0.717, 1.165) is 10.6 Å². The first-order valence-corrected chi connectivity index (χ1v) is 8.19. The second-order valence-electron chi connectivity index (χ2n) is 6.11. The molecule has 142 valence electrons. The van der Waals surface area contributed by atoms with Gasteiger partial charge in [0.15, 0.2) is 11.8 Å². The number of rotatable bonds is 8. The third-order valence-electron chi connectivity index (χ3n) is 3.83. The van der Waals surface area contributed by atoms with Gasteiger partial charge in [-0.1, -0.05) is 18.2 Å². The number of hydrogen-bond donors (Lipinski definition) is 1. The average Bonchev–Trinajstić information content (AvgIpc) is 2.63. The zero-order valence-corrected chi connectivity index (χ0v) is 15.0. The Balaban J connectivity index is 2.40. The minimum Gasteiger partial charge on any atom is -0.353 e. The number of Topliss-reactive ketones (excluding diaryl/α,β-unsaturated/α-hetero) is 1. The number of non-ortho nitro benzene ring substituents is 1. The average molecular weight is 372 g/mol. The molecule has 1 aromatic carbocycles. The number of carbonyl (C=O) groups is 2. The summed E-state index contributed by atoms with van der Waals surface area (Å²) in [6.07, 6.45) is 1.34. The Hall–Kier alpha value is -3.33. The number of nitrogens with one attached hydrogen (secondary N) is 1. The first-order chi connectivity index (χ1) is 12.8. The van der Waals surface area contributed by atoms with E-state index in [-0.39, 0.29) is 17.8 Å². The topological polar surface area (TPSA) is 115 Å². The van der Waals surface area contributed by atoms with Crippen molar-refractivity contribution in [1.29, 1.82) is 0 Å². The van der Waals surface area contributed by atoms with E-state index in [4.69, 9.17) is 0 Å². The lowest BCUT2D eigenvalue weighted by molar-refractivity contribution is -0.384. The van der Waals surface area contributed by atoms with Crippen molar-refractivity contribution >= 4 is 17.4 Å². The fourth-order valence-electron chi connectivity index (χ4n) is 2.45. The lowest BCUT2D eigenvalue weighted by Gasteiger charge is -2.19. The Morgan fingerprint density at radius 1 is 1.22 bits per heavy atom. The molecule has 2 aromatic rings. The van der Waals surface area contributed by atoms with Gasteiger partial charge >= 0.3 is 0 Å². The minimum absolute atomic E-state index is 0.0206. The molecule has 27 heavy (non-hydrogen) atoms. The predicted molar refractivity (Wildman–Crippen MR) is 98.7 cm³/mol. The van der Waals surface area contributed by atoms with E-state index in [1.165, 1.54) is 42.6 Å². The maximum atomic E-state index is 13.0. The highest BCUT2D eigenvalue weighted by molar-refractivity contribution is 6.12. The summed E-state index contributed by atoms with van der Waals surface area (Å²) in [5.41, 5.74) is -0.815. The van der Waals surface area contributed by atoms with Crippen LogP contribution in [0.4, 0.5) is 5.69 Å². The van der Waals surface area contributed by atoms with Crippen LogP contribution < -0.4 is 10.9 Å². The minimum atomic E-state index is -1.46. The molecule has 1 N–H and O–H groups in total. The normalized spacial score (nSPS) is 11.8. The van der Waals surface area contributed by atoms with Gasteiger partial charge in [0, 0.05) is 43.0 Å². The number of nitro groups is 1. The Morgan fingerprint density at radius 2 is 1.96 bits per heavy atom. The van der Waals surface area contributed by atoms with Crippen LogP contribution in [-0.2, 0) is 4.79 Å². The number of hydrogen-bond acceptors (Lipinski definition) is 6. The van der Waals surface area contributed by atoms with Crippen LogP contribution in [0, 0.1) is 10.1 Å². The fraction of sp³-hybridized carbons (Fsp3) is 0.278. The summed E-state index contributed by atoms with van der Waals surface area (Å²) in [6.45, 7) is 0.833. The smallest absolute Gasteiger partial charge is 0.270 e. The van der Waals surface area contributed by atoms with Crippen molar-refractivity contribution in [3.63, 3.8) is 0 Å². The van der Waals surface area contributed by atoms with Gasteiger partial charge in [-0.2, -0.15) is 0 Å². The zero-order chi connectivity index (χ0) is 20.0. The molecule has 0 saturated heterocycles. The number of ketones is 1. The first-order valence-electron chi connectivity index (χ1n) is 8.19. The zero-order valence-electron chi connectivity index (χ0n) is 15.0. The van der Waals surface area contributed by atoms with Crippen LogP contribution in [0.25, 0.3) is 0 Å². The van der Waals surface area contributed by atoms with Gasteiger partial charge in [-0.05, 0) is 20.2 Å². The summed E-state index contributed by atoms with van der Waals surface area (Å²) in [7, 11) is 3.67. The van der Waals surface area contributed by atoms with Gasteiger partial charge in [0.25, 0.3) is 17.2 Å². The van der Waals surface area contributed by atoms with Crippen LogP contribution in [0.15, 0.2) is 53.5 Å². The third-order valence-corrected chi connectivity index (χ3v) is 3.83. The molecule has 9 nitrogen and oxygen atoms in total. The molecule has 0 aliphatic carbocycles. The van der Waals surface area contributed by atoms with Gasteiger partial charge in [0.1, 0.15) is 0 Å². The highest BCUT2D eigenvalue weighted by Crippen LogP contribution is 2.18. The summed E-state index contributed by atoms with van der Waals surface area (Å²) in [5, 5.41) is 13.6. The lowest BCUT2D eigenvalue weighted by atomic mass is 10.0. The van der Waals surface area contributed by atoms with Crippen molar-refractivity contribution in [2.75, 3.05) is 27.2 Å². The summed E-state index contributed by atoms with van der Waals surface area (Å²) in [6, 6.07) is 7.89. The van der Waals surface area contributed by atoms with Gasteiger partial charge in [-0.3, -0.25) is 29.1 Å². The number of aromatic nitrogens is 1. The SMILES string of the molecule is CN(C)CCNC(=O)C(C(=O)c1cccc([N+](=O)[O-])c1)n1ccccc1=O. The monoisotopic (exact) mass is 372 g/mol. The summed E-state index contributed by atoms with van der Waals surface area (Å²) >= 11 is 0. The molecule has 1 unspecified atom stereocenters. The van der Waals surface area contributed by atoms with Crippen molar-refractivity contribution in [3.05, 3.63) is 74.7 Å². The molecule has 1 atom stereocenters. The number of pyridine rings is 1. The van der Waals surface area contributed by atoms with Crippen molar-refractivity contribution in [1.82, 2.24) is 14.8 Å². The number of benzene rings is 1. The molecule has 0 aliphatic heterocycles. The highest BCUT2D eigenvalue weighted by Gasteiger charge is 2.30. The molecule has 0 fully saturated rings. The highest BCUT2D eigenvalue weighted by atomic mass is 16.6. The van der Waals surface area contributed by atoms with Crippen LogP contribution in [0.2, 0.25) is 0 Å². The standard InChI is InChI=1S/C18H20N4O5/c1-20(2)11-9-19-18(25)16(21-10-4-3-8-15(21)23)17(24)13-6-5-7-14(12-13)22(26)27/h3-8,10,12,16H,9,11H2,1-2H3,(H,19,25). The number of likely N-dealkylation sites (N-methyl/N-ethyl adjacent to an activating group) is 1. The predicted octanol–water partition coefficient (Wildman–Crippen LogP) is 0.858. The summed E-state index contributed by atoms with van der Waals surface area (Å²) in [5.74, 6) is -1.35.